The molecule has 8 aromatic rings. The zero-order valence-corrected chi connectivity index (χ0v) is 27.2. The van der Waals surface area contributed by atoms with E-state index in [4.69, 9.17) is 4.42 Å². The van der Waals surface area contributed by atoms with Crippen LogP contribution in [-0.2, 0) is 0 Å². The van der Waals surface area contributed by atoms with Crippen LogP contribution in [0, 0.1) is 0 Å². The van der Waals surface area contributed by atoms with Crippen molar-refractivity contribution in [2.45, 2.75) is 9.79 Å². The molecule has 2 nitrogen and oxygen atoms in total. The second-order valence-electron chi connectivity index (χ2n) is 11.1. The maximum Gasteiger partial charge on any atom is 0.138 e. The minimum Gasteiger partial charge on any atom is -0.456 e. The van der Waals surface area contributed by atoms with Crippen molar-refractivity contribution >= 4 is 66.7 Å². The van der Waals surface area contributed by atoms with Gasteiger partial charge in [0.05, 0.1) is 11.4 Å². The number of halogens is 1. The Morgan fingerprint density at radius 1 is 0.500 bits per heavy atom. The van der Waals surface area contributed by atoms with E-state index in [-0.39, 0.29) is 0 Å². The number of para-hydroxylation sites is 2. The number of fused-ring (bicyclic) bond motifs is 3. The van der Waals surface area contributed by atoms with E-state index in [0.29, 0.717) is 0 Å². The van der Waals surface area contributed by atoms with Gasteiger partial charge >= 0.3 is 0 Å². The highest BCUT2D eigenvalue weighted by molar-refractivity contribution is 9.10. The molecule has 8 rings (SSSR count). The third-order valence-electron chi connectivity index (χ3n) is 8.15. The van der Waals surface area contributed by atoms with Crippen molar-refractivity contribution in [2.24, 2.45) is 0 Å². The smallest absolute Gasteiger partial charge is 0.138 e. The van der Waals surface area contributed by atoms with Crippen molar-refractivity contribution in [1.29, 1.82) is 0 Å². The van der Waals surface area contributed by atoms with Gasteiger partial charge in [0, 0.05) is 47.9 Å². The lowest BCUT2D eigenvalue weighted by atomic mass is 9.94. The van der Waals surface area contributed by atoms with Gasteiger partial charge in [0.1, 0.15) is 11.2 Å². The quantitative estimate of drug-likeness (QED) is 0.167. The highest BCUT2D eigenvalue weighted by Gasteiger charge is 2.24. The van der Waals surface area contributed by atoms with Crippen molar-refractivity contribution in [3.63, 3.8) is 0 Å². The van der Waals surface area contributed by atoms with Gasteiger partial charge in [-0.2, -0.15) is 0 Å². The fourth-order valence-corrected chi connectivity index (χ4v) is 7.56. The summed E-state index contributed by atoms with van der Waals surface area (Å²) in [6.45, 7) is 0. The predicted octanol–water partition coefficient (Wildman–Crippen LogP) is 13.3. The molecule has 46 heavy (non-hydrogen) atoms. The molecule has 0 N–H and O–H groups in total. The molecule has 4 heteroatoms. The van der Waals surface area contributed by atoms with Crippen molar-refractivity contribution in [3.05, 3.63) is 174 Å². The lowest BCUT2D eigenvalue weighted by molar-refractivity contribution is 0.668. The van der Waals surface area contributed by atoms with E-state index in [0.717, 1.165) is 70.6 Å². The fourth-order valence-electron chi connectivity index (χ4n) is 6.14. The second kappa shape index (κ2) is 12.4. The number of nitrogens with zero attached hydrogens (tertiary/aromatic N) is 1. The molecule has 0 saturated heterocycles. The zero-order valence-electron chi connectivity index (χ0n) is 24.8. The molecular weight excluding hydrogens is 646 g/mol. The molecule has 0 spiro atoms. The monoisotopic (exact) mass is 673 g/mol. The van der Waals surface area contributed by atoms with E-state index < -0.39 is 0 Å². The van der Waals surface area contributed by atoms with E-state index in [2.05, 4.69) is 185 Å². The van der Waals surface area contributed by atoms with Crippen LogP contribution >= 0.6 is 27.7 Å². The number of benzene rings is 7. The van der Waals surface area contributed by atoms with E-state index in [1.54, 1.807) is 11.8 Å². The molecule has 220 valence electrons. The van der Waals surface area contributed by atoms with Crippen molar-refractivity contribution in [2.75, 3.05) is 4.90 Å². The maximum absolute atomic E-state index is 6.60. The van der Waals surface area contributed by atoms with Gasteiger partial charge in [-0.25, -0.2) is 0 Å². The zero-order chi connectivity index (χ0) is 30.9. The van der Waals surface area contributed by atoms with E-state index in [1.165, 1.54) is 4.90 Å². The van der Waals surface area contributed by atoms with E-state index >= 15 is 0 Å². The van der Waals surface area contributed by atoms with Gasteiger partial charge in [0.2, 0.25) is 0 Å². The first-order valence-corrected chi connectivity index (χ1v) is 16.8. The first-order chi connectivity index (χ1) is 22.7. The molecule has 0 aliphatic carbocycles. The molecule has 0 bridgehead atoms. The Labute approximate surface area is 281 Å². The Hall–Kier alpha value is -5.03. The summed E-state index contributed by atoms with van der Waals surface area (Å²) in [5, 5.41) is 2.24. The van der Waals surface area contributed by atoms with Gasteiger partial charge < -0.3 is 9.32 Å². The predicted molar refractivity (Wildman–Crippen MR) is 198 cm³/mol. The molecule has 0 amide bonds. The average Bonchev–Trinajstić information content (AvgIpc) is 3.49. The molecule has 0 atom stereocenters. The number of rotatable bonds is 7. The van der Waals surface area contributed by atoms with Gasteiger partial charge in [0.15, 0.2) is 0 Å². The maximum atomic E-state index is 6.60. The lowest BCUT2D eigenvalue weighted by Gasteiger charge is -2.31. The highest BCUT2D eigenvalue weighted by atomic mass is 79.9. The largest absolute Gasteiger partial charge is 0.456 e. The third kappa shape index (κ3) is 5.40. The van der Waals surface area contributed by atoms with Crippen molar-refractivity contribution in [3.8, 4) is 22.3 Å². The SMILES string of the molecule is Brc1cccc(N(c2cc(Sc3ccccc3)c3c(c2)oc2ccccc23)c2c(-c3ccccc3)cccc2-c2ccccc2)c1. The summed E-state index contributed by atoms with van der Waals surface area (Å²) in [5.74, 6) is 0. The summed E-state index contributed by atoms with van der Waals surface area (Å²) in [6.07, 6.45) is 0. The average molecular weight is 675 g/mol. The van der Waals surface area contributed by atoms with Crippen molar-refractivity contribution in [1.82, 2.24) is 0 Å². The second-order valence-corrected chi connectivity index (χ2v) is 13.1. The van der Waals surface area contributed by atoms with Gasteiger partial charge in [-0.05, 0) is 53.6 Å². The summed E-state index contributed by atoms with van der Waals surface area (Å²) >= 11 is 5.54. The van der Waals surface area contributed by atoms with Gasteiger partial charge in [-0.3, -0.25) is 0 Å². The van der Waals surface area contributed by atoms with Crippen LogP contribution in [0.25, 0.3) is 44.2 Å². The van der Waals surface area contributed by atoms with Crippen LogP contribution in [0.4, 0.5) is 17.1 Å². The topological polar surface area (TPSA) is 16.4 Å². The molecule has 0 aliphatic heterocycles. The molecule has 7 aromatic carbocycles. The van der Waals surface area contributed by atoms with Crippen LogP contribution in [0.3, 0.4) is 0 Å². The first kappa shape index (κ1) is 28.4. The molecule has 0 aliphatic rings. The number of anilines is 3. The molecule has 0 fully saturated rings. The van der Waals surface area contributed by atoms with Gasteiger partial charge in [-0.15, -0.1) is 0 Å². The fraction of sp³-hybridized carbons (Fsp3) is 0. The Kier molecular flexibility index (Phi) is 7.67. The van der Waals surface area contributed by atoms with E-state index in [9.17, 15) is 0 Å². The summed E-state index contributed by atoms with van der Waals surface area (Å²) in [6, 6.07) is 59.8. The Bertz CT molecular complexity index is 2240. The number of hydrogen-bond donors (Lipinski definition) is 0. The van der Waals surface area contributed by atoms with Crippen molar-refractivity contribution < 1.29 is 4.42 Å². The lowest BCUT2D eigenvalue weighted by Crippen LogP contribution is -2.13. The molecule has 1 aromatic heterocycles. The Morgan fingerprint density at radius 3 is 1.78 bits per heavy atom. The Morgan fingerprint density at radius 2 is 1.11 bits per heavy atom. The standard InChI is InChI=1S/C42H28BrNOS/c43-31-18-12-19-32(26-31)44(42-35(29-14-4-1-5-15-29)23-13-24-36(42)30-16-6-2-7-17-30)33-27-39-41(37-22-10-11-25-38(37)45-39)40(28-33)46-34-20-8-3-9-21-34/h1-28H. The minimum atomic E-state index is 0.857. The Balaban J connectivity index is 1.46. The van der Waals surface area contributed by atoms with Crippen LogP contribution in [0.2, 0.25) is 0 Å². The molecule has 0 saturated carbocycles. The van der Waals surface area contributed by atoms with Crippen LogP contribution in [0.5, 0.6) is 0 Å². The van der Waals surface area contributed by atoms with Gasteiger partial charge in [0.25, 0.3) is 0 Å². The number of hydrogen-bond acceptors (Lipinski definition) is 3. The summed E-state index contributed by atoms with van der Waals surface area (Å²) < 4.78 is 7.61. The third-order valence-corrected chi connectivity index (χ3v) is 9.69. The van der Waals surface area contributed by atoms with Crippen LogP contribution in [0.1, 0.15) is 0 Å². The minimum absolute atomic E-state index is 0.857. The van der Waals surface area contributed by atoms with Crippen LogP contribution in [-0.4, -0.2) is 0 Å². The van der Waals surface area contributed by atoms with Crippen LogP contribution < -0.4 is 4.90 Å². The van der Waals surface area contributed by atoms with E-state index in [1.807, 2.05) is 6.07 Å². The summed E-state index contributed by atoms with van der Waals surface area (Å²) in [4.78, 5) is 4.70. The number of furan rings is 1. The van der Waals surface area contributed by atoms with Gasteiger partial charge in [-0.1, -0.05) is 149 Å². The molecule has 0 unspecified atom stereocenters. The summed E-state index contributed by atoms with van der Waals surface area (Å²) in [5.41, 5.74) is 9.49. The highest BCUT2D eigenvalue weighted by Crippen LogP contribution is 2.49. The summed E-state index contributed by atoms with van der Waals surface area (Å²) in [7, 11) is 0. The molecule has 1 heterocycles. The first-order valence-electron chi connectivity index (χ1n) is 15.2. The molecule has 0 radical (unpaired) electrons. The molecular formula is C42H28BrNOS. The normalized spacial score (nSPS) is 11.2. The van der Waals surface area contributed by atoms with Crippen LogP contribution in [0.15, 0.2) is 189 Å².